The van der Waals surface area contributed by atoms with Crippen LogP contribution in [0.1, 0.15) is 25.8 Å². The van der Waals surface area contributed by atoms with E-state index in [-0.39, 0.29) is 16.8 Å². The molecule has 22 heavy (non-hydrogen) atoms. The van der Waals surface area contributed by atoms with Crippen LogP contribution in [0.5, 0.6) is 0 Å². The second kappa shape index (κ2) is 7.02. The third-order valence-electron chi connectivity index (χ3n) is 3.64. The Hall–Kier alpha value is -1.05. The summed E-state index contributed by atoms with van der Waals surface area (Å²) in [6, 6.07) is 4.92. The maximum Gasteiger partial charge on any atom is 0.240 e. The second-order valence-corrected chi connectivity index (χ2v) is 8.17. The lowest BCUT2D eigenvalue weighted by molar-refractivity contribution is -0.116. The summed E-state index contributed by atoms with van der Waals surface area (Å²) >= 11 is 1.59. The lowest BCUT2D eigenvalue weighted by Crippen LogP contribution is -2.36. The quantitative estimate of drug-likeness (QED) is 0.889. The highest BCUT2D eigenvalue weighted by atomic mass is 32.2. The molecule has 1 aromatic carbocycles. The molecule has 1 heterocycles. The molecule has 0 saturated heterocycles. The van der Waals surface area contributed by atoms with Crippen molar-refractivity contribution in [2.75, 3.05) is 23.5 Å². The average molecular weight is 342 g/mol. The first-order valence-electron chi connectivity index (χ1n) is 7.27. The number of sulfonamides is 1. The third-order valence-corrected chi connectivity index (χ3v) is 6.06. The molecule has 2 rings (SSSR count). The van der Waals surface area contributed by atoms with E-state index in [2.05, 4.69) is 4.72 Å². The number of aryl methyl sites for hydroxylation is 1. The number of amides is 1. The number of hydrogen-bond donors (Lipinski definition) is 1. The van der Waals surface area contributed by atoms with E-state index in [4.69, 9.17) is 0 Å². The molecule has 1 aromatic rings. The molecule has 1 aliphatic heterocycles. The zero-order chi connectivity index (χ0) is 16.3. The van der Waals surface area contributed by atoms with E-state index in [1.165, 1.54) is 6.92 Å². The van der Waals surface area contributed by atoms with Gasteiger partial charge in [-0.25, -0.2) is 13.1 Å². The van der Waals surface area contributed by atoms with Crippen molar-refractivity contribution in [1.29, 1.82) is 0 Å². The minimum atomic E-state index is -3.57. The molecule has 1 N–H and O–H groups in total. The molecule has 0 aliphatic carbocycles. The van der Waals surface area contributed by atoms with Gasteiger partial charge < -0.3 is 4.90 Å². The number of nitrogens with zero attached hydrogens (tertiary/aromatic N) is 1. The first kappa shape index (κ1) is 17.3. The van der Waals surface area contributed by atoms with Gasteiger partial charge in [-0.3, -0.25) is 4.79 Å². The van der Waals surface area contributed by atoms with Crippen LogP contribution in [0.15, 0.2) is 23.1 Å². The van der Waals surface area contributed by atoms with Crippen LogP contribution in [0.25, 0.3) is 0 Å². The number of carbonyl (C=O) groups is 1. The topological polar surface area (TPSA) is 66.5 Å². The number of anilines is 1. The number of thioether (sulfide) groups is 1. The van der Waals surface area contributed by atoms with Crippen LogP contribution in [0, 0.1) is 0 Å². The molecule has 1 atom stereocenters. The van der Waals surface area contributed by atoms with E-state index >= 15 is 0 Å². The largest absolute Gasteiger partial charge is 0.312 e. The molecule has 0 spiro atoms. The predicted molar refractivity (Wildman–Crippen MR) is 91.0 cm³/mol. The Morgan fingerprint density at radius 2 is 2.18 bits per heavy atom. The summed E-state index contributed by atoms with van der Waals surface area (Å²) in [5, 5.41) is 0. The van der Waals surface area contributed by atoms with E-state index < -0.39 is 10.0 Å². The predicted octanol–water partition coefficient (Wildman–Crippen LogP) is 2.02. The Balaban J connectivity index is 2.33. The highest BCUT2D eigenvalue weighted by molar-refractivity contribution is 7.98. The summed E-state index contributed by atoms with van der Waals surface area (Å²) in [6.45, 7) is 3.99. The molecule has 1 amide bonds. The average Bonchev–Trinajstić information content (AvgIpc) is 2.45. The van der Waals surface area contributed by atoms with Crippen molar-refractivity contribution in [3.05, 3.63) is 23.8 Å². The zero-order valence-corrected chi connectivity index (χ0v) is 14.8. The molecule has 1 aliphatic rings. The monoisotopic (exact) mass is 342 g/mol. The van der Waals surface area contributed by atoms with Gasteiger partial charge in [0.2, 0.25) is 15.9 Å². The maximum absolute atomic E-state index is 12.5. The minimum absolute atomic E-state index is 0.0563. The molecule has 0 bridgehead atoms. The van der Waals surface area contributed by atoms with Gasteiger partial charge in [-0.15, -0.1) is 0 Å². The van der Waals surface area contributed by atoms with Crippen molar-refractivity contribution in [2.45, 2.75) is 37.6 Å². The van der Waals surface area contributed by atoms with Crippen molar-refractivity contribution < 1.29 is 13.2 Å². The third kappa shape index (κ3) is 3.83. The van der Waals surface area contributed by atoms with Gasteiger partial charge in [0.15, 0.2) is 0 Å². The Kier molecular flexibility index (Phi) is 5.52. The Bertz CT molecular complexity index is 659. The fourth-order valence-electron chi connectivity index (χ4n) is 2.67. The molecule has 1 unspecified atom stereocenters. The molecule has 0 fully saturated rings. The van der Waals surface area contributed by atoms with Gasteiger partial charge >= 0.3 is 0 Å². The van der Waals surface area contributed by atoms with E-state index in [1.54, 1.807) is 28.8 Å². The number of rotatable bonds is 5. The highest BCUT2D eigenvalue weighted by Gasteiger charge is 2.24. The highest BCUT2D eigenvalue weighted by Crippen LogP contribution is 2.29. The van der Waals surface area contributed by atoms with Crippen molar-refractivity contribution >= 4 is 33.4 Å². The lowest BCUT2D eigenvalue weighted by Gasteiger charge is -2.29. The van der Waals surface area contributed by atoms with Crippen molar-refractivity contribution in [1.82, 2.24) is 4.72 Å². The van der Waals surface area contributed by atoms with Crippen LogP contribution in [0.3, 0.4) is 0 Å². The SMILES string of the molecule is CSCC(C)NS(=O)(=O)c1ccc2c(c1)N(C(C)=O)CCC2. The normalized spacial score (nSPS) is 16.2. The van der Waals surface area contributed by atoms with Gasteiger partial charge in [0.05, 0.1) is 4.90 Å². The number of hydrogen-bond acceptors (Lipinski definition) is 4. The van der Waals surface area contributed by atoms with Crippen LogP contribution >= 0.6 is 11.8 Å². The van der Waals surface area contributed by atoms with Crippen molar-refractivity contribution in [3.8, 4) is 0 Å². The molecule has 7 heteroatoms. The van der Waals surface area contributed by atoms with Gasteiger partial charge in [0, 0.05) is 31.0 Å². The molecule has 0 saturated carbocycles. The summed E-state index contributed by atoms with van der Waals surface area (Å²) in [5.41, 5.74) is 1.75. The standard InChI is InChI=1S/C15H22N2O3S2/c1-11(10-21-3)16-22(19,20)14-7-6-13-5-4-8-17(12(2)18)15(13)9-14/h6-7,9,11,16H,4-5,8,10H2,1-3H3. The number of nitrogens with one attached hydrogen (secondary N) is 1. The van der Waals surface area contributed by atoms with Crippen LogP contribution in [-0.4, -0.2) is 38.9 Å². The fourth-order valence-corrected chi connectivity index (χ4v) is 4.62. The Labute approximate surface area is 136 Å². The maximum atomic E-state index is 12.5. The van der Waals surface area contributed by atoms with Gasteiger partial charge in [-0.2, -0.15) is 11.8 Å². The summed E-state index contributed by atoms with van der Waals surface area (Å²) in [4.78, 5) is 13.6. The van der Waals surface area contributed by atoms with Crippen LogP contribution < -0.4 is 9.62 Å². The summed E-state index contributed by atoms with van der Waals surface area (Å²) in [7, 11) is -3.57. The fraction of sp³-hybridized carbons (Fsp3) is 0.533. The summed E-state index contributed by atoms with van der Waals surface area (Å²) in [6.07, 6.45) is 3.71. The molecular formula is C15H22N2O3S2. The van der Waals surface area contributed by atoms with E-state index in [9.17, 15) is 13.2 Å². The second-order valence-electron chi connectivity index (χ2n) is 5.54. The lowest BCUT2D eigenvalue weighted by atomic mass is 10.0. The zero-order valence-electron chi connectivity index (χ0n) is 13.1. The first-order chi connectivity index (χ1) is 10.3. The van der Waals surface area contributed by atoms with Gasteiger partial charge in [-0.05, 0) is 43.7 Å². The molecular weight excluding hydrogens is 320 g/mol. The number of fused-ring (bicyclic) bond motifs is 1. The Morgan fingerprint density at radius 1 is 1.45 bits per heavy atom. The smallest absolute Gasteiger partial charge is 0.240 e. The first-order valence-corrected chi connectivity index (χ1v) is 10.1. The van der Waals surface area contributed by atoms with Crippen LogP contribution in [0.4, 0.5) is 5.69 Å². The molecule has 0 aromatic heterocycles. The minimum Gasteiger partial charge on any atom is -0.312 e. The van der Waals surface area contributed by atoms with E-state index in [0.717, 1.165) is 24.1 Å². The van der Waals surface area contributed by atoms with Gasteiger partial charge in [-0.1, -0.05) is 6.07 Å². The van der Waals surface area contributed by atoms with Crippen molar-refractivity contribution in [2.24, 2.45) is 0 Å². The van der Waals surface area contributed by atoms with E-state index in [0.29, 0.717) is 12.3 Å². The molecule has 5 nitrogen and oxygen atoms in total. The molecule has 122 valence electrons. The number of benzene rings is 1. The van der Waals surface area contributed by atoms with Crippen LogP contribution in [-0.2, 0) is 21.2 Å². The van der Waals surface area contributed by atoms with Crippen molar-refractivity contribution in [3.63, 3.8) is 0 Å². The molecule has 0 radical (unpaired) electrons. The Morgan fingerprint density at radius 3 is 2.82 bits per heavy atom. The van der Waals surface area contributed by atoms with Gasteiger partial charge in [0.1, 0.15) is 0 Å². The summed E-state index contributed by atoms with van der Waals surface area (Å²) < 4.78 is 27.6. The van der Waals surface area contributed by atoms with E-state index in [1.807, 2.05) is 19.2 Å². The summed E-state index contributed by atoms with van der Waals surface area (Å²) in [5.74, 6) is 0.656. The number of carbonyl (C=O) groups excluding carboxylic acids is 1. The van der Waals surface area contributed by atoms with Crippen LogP contribution in [0.2, 0.25) is 0 Å². The van der Waals surface area contributed by atoms with Gasteiger partial charge in [0.25, 0.3) is 0 Å².